The number of amides is 6. The molecule has 0 aliphatic carbocycles. The Hall–Kier alpha value is -3.75. The minimum Gasteiger partial charge on any atom is -0.480 e. The molecular formula is C27H48N6O9. The van der Waals surface area contributed by atoms with Gasteiger partial charge in [0.25, 0.3) is 0 Å². The summed E-state index contributed by atoms with van der Waals surface area (Å²) in [4.78, 5) is 87.6. The number of aliphatic hydroxyl groups excluding tert-OH is 1. The number of carbonyl (C=O) groups is 7. The first-order valence-electron chi connectivity index (χ1n) is 14.1. The van der Waals surface area contributed by atoms with Gasteiger partial charge >= 0.3 is 5.97 Å². The molecule has 0 rings (SSSR count). The van der Waals surface area contributed by atoms with E-state index in [0.29, 0.717) is 12.8 Å². The van der Waals surface area contributed by atoms with E-state index in [2.05, 4.69) is 26.6 Å². The molecule has 42 heavy (non-hydrogen) atoms. The molecule has 0 fully saturated rings. The van der Waals surface area contributed by atoms with Crippen molar-refractivity contribution in [3.05, 3.63) is 0 Å². The standard InChI is InChI=1S/C27H48N6O9/c1-9-11-18(27(41)42)29-26(40)23(16(6)34)32-25(39)22(15(5)10-2)31-24(38)21(14(3)4)30-19(36)12-28-20(37)13-33(8)17(7)35/h14-16,18,21-23,34H,9-13H2,1-8H3,(H,28,37)(H,29,40)(H,30,36)(H,31,38)(H,32,39)(H,41,42)/t15-,16+,18-,21-,22+,23-/m0/s1. The lowest BCUT2D eigenvalue weighted by molar-refractivity contribution is -0.143. The Morgan fingerprint density at radius 3 is 1.74 bits per heavy atom. The van der Waals surface area contributed by atoms with Gasteiger partial charge in [0.05, 0.1) is 19.2 Å². The highest BCUT2D eigenvalue weighted by Gasteiger charge is 2.35. The Bertz CT molecular complexity index is 972. The van der Waals surface area contributed by atoms with E-state index in [0.717, 1.165) is 0 Å². The van der Waals surface area contributed by atoms with Crippen LogP contribution < -0.4 is 26.6 Å². The van der Waals surface area contributed by atoms with Crippen LogP contribution in [0, 0.1) is 11.8 Å². The number of aliphatic hydroxyl groups is 1. The monoisotopic (exact) mass is 600 g/mol. The van der Waals surface area contributed by atoms with Crippen LogP contribution in [-0.4, -0.2) is 107 Å². The molecule has 7 N–H and O–H groups in total. The Morgan fingerprint density at radius 2 is 1.29 bits per heavy atom. The van der Waals surface area contributed by atoms with Gasteiger partial charge in [-0.25, -0.2) is 4.79 Å². The lowest BCUT2D eigenvalue weighted by atomic mass is 9.96. The second-order valence-corrected chi connectivity index (χ2v) is 10.7. The smallest absolute Gasteiger partial charge is 0.326 e. The quantitative estimate of drug-likeness (QED) is 0.0969. The summed E-state index contributed by atoms with van der Waals surface area (Å²) < 4.78 is 0. The van der Waals surface area contributed by atoms with Crippen molar-refractivity contribution in [3.63, 3.8) is 0 Å². The van der Waals surface area contributed by atoms with E-state index in [1.54, 1.807) is 34.6 Å². The van der Waals surface area contributed by atoms with Crippen LogP contribution in [0.2, 0.25) is 0 Å². The van der Waals surface area contributed by atoms with E-state index < -0.39 is 84.2 Å². The lowest BCUT2D eigenvalue weighted by Crippen LogP contribution is -2.62. The number of nitrogens with one attached hydrogen (secondary N) is 5. The van der Waals surface area contributed by atoms with Crippen LogP contribution >= 0.6 is 0 Å². The van der Waals surface area contributed by atoms with Crippen LogP contribution in [0.1, 0.15) is 67.7 Å². The van der Waals surface area contributed by atoms with Crippen molar-refractivity contribution in [2.45, 2.75) is 98.0 Å². The highest BCUT2D eigenvalue weighted by molar-refractivity contribution is 5.96. The third-order valence-corrected chi connectivity index (χ3v) is 6.68. The Kier molecular flexibility index (Phi) is 17.0. The molecule has 0 aromatic carbocycles. The fourth-order valence-corrected chi connectivity index (χ4v) is 3.72. The zero-order valence-corrected chi connectivity index (χ0v) is 25.8. The number of hydrogen-bond acceptors (Lipinski definition) is 8. The van der Waals surface area contributed by atoms with Gasteiger partial charge < -0.3 is 41.7 Å². The van der Waals surface area contributed by atoms with Crippen molar-refractivity contribution in [3.8, 4) is 0 Å². The SMILES string of the molecule is CCC[C@H](NC(=O)[C@@H](NC(=O)[C@H](NC(=O)[C@@H](NC(=O)CNC(=O)CN(C)C(C)=O)C(C)C)[C@@H](C)CC)[C@@H](C)O)C(=O)O. The van der Waals surface area contributed by atoms with Crippen molar-refractivity contribution in [2.24, 2.45) is 11.8 Å². The average Bonchev–Trinajstić information content (AvgIpc) is 2.90. The molecule has 0 saturated heterocycles. The van der Waals surface area contributed by atoms with Gasteiger partial charge in [-0.3, -0.25) is 28.8 Å². The maximum Gasteiger partial charge on any atom is 0.326 e. The Morgan fingerprint density at radius 1 is 0.762 bits per heavy atom. The predicted molar refractivity (Wildman–Crippen MR) is 153 cm³/mol. The number of rotatable bonds is 18. The first-order chi connectivity index (χ1) is 19.5. The van der Waals surface area contributed by atoms with Crippen LogP contribution in [0.5, 0.6) is 0 Å². The van der Waals surface area contributed by atoms with Crippen molar-refractivity contribution >= 4 is 41.4 Å². The second kappa shape index (κ2) is 18.6. The molecule has 6 amide bonds. The van der Waals surface area contributed by atoms with Gasteiger partial charge in [-0.15, -0.1) is 0 Å². The largest absolute Gasteiger partial charge is 0.480 e. The fourth-order valence-electron chi connectivity index (χ4n) is 3.72. The summed E-state index contributed by atoms with van der Waals surface area (Å²) in [6.07, 6.45) is -0.316. The van der Waals surface area contributed by atoms with E-state index in [-0.39, 0.29) is 18.9 Å². The lowest BCUT2D eigenvalue weighted by Gasteiger charge is -2.30. The Balaban J connectivity index is 5.58. The number of nitrogens with zero attached hydrogens (tertiary/aromatic N) is 1. The van der Waals surface area contributed by atoms with Gasteiger partial charge in [0.2, 0.25) is 35.4 Å². The molecule has 0 aliphatic rings. The van der Waals surface area contributed by atoms with Gasteiger partial charge in [-0.1, -0.05) is 47.5 Å². The van der Waals surface area contributed by atoms with E-state index in [1.165, 1.54) is 25.8 Å². The average molecular weight is 601 g/mol. The maximum atomic E-state index is 13.3. The highest BCUT2D eigenvalue weighted by atomic mass is 16.4. The predicted octanol–water partition coefficient (Wildman–Crippen LogP) is -1.51. The van der Waals surface area contributed by atoms with E-state index in [4.69, 9.17) is 0 Å². The minimum absolute atomic E-state index is 0.147. The van der Waals surface area contributed by atoms with E-state index in [1.807, 2.05) is 0 Å². The topological polar surface area (TPSA) is 223 Å². The van der Waals surface area contributed by atoms with E-state index >= 15 is 0 Å². The van der Waals surface area contributed by atoms with Crippen molar-refractivity contribution in [1.82, 2.24) is 31.5 Å². The molecule has 0 heterocycles. The van der Waals surface area contributed by atoms with Crippen LogP contribution in [-0.2, 0) is 33.6 Å². The minimum atomic E-state index is -1.49. The molecule has 0 spiro atoms. The van der Waals surface area contributed by atoms with Crippen molar-refractivity contribution < 1.29 is 43.8 Å². The summed E-state index contributed by atoms with van der Waals surface area (Å²) in [5, 5.41) is 31.8. The first-order valence-corrected chi connectivity index (χ1v) is 14.1. The molecule has 15 heteroatoms. The van der Waals surface area contributed by atoms with Crippen LogP contribution in [0.3, 0.4) is 0 Å². The fraction of sp³-hybridized carbons (Fsp3) is 0.741. The molecule has 0 radical (unpaired) electrons. The first kappa shape index (κ1) is 38.2. The van der Waals surface area contributed by atoms with Gasteiger partial charge in [0.1, 0.15) is 24.2 Å². The molecule has 0 aromatic heterocycles. The van der Waals surface area contributed by atoms with Gasteiger partial charge in [-0.05, 0) is 25.2 Å². The van der Waals surface area contributed by atoms with Crippen molar-refractivity contribution in [2.75, 3.05) is 20.1 Å². The number of carboxylic acid groups (broad SMARTS) is 1. The van der Waals surface area contributed by atoms with Gasteiger partial charge in [0.15, 0.2) is 0 Å². The zero-order valence-electron chi connectivity index (χ0n) is 25.8. The summed E-state index contributed by atoms with van der Waals surface area (Å²) in [6.45, 7) is 10.4. The molecule has 0 bridgehead atoms. The zero-order chi connectivity index (χ0) is 32.7. The number of carboxylic acids is 1. The maximum absolute atomic E-state index is 13.3. The third kappa shape index (κ3) is 13.3. The summed E-state index contributed by atoms with van der Waals surface area (Å²) in [5.41, 5.74) is 0. The summed E-state index contributed by atoms with van der Waals surface area (Å²) >= 11 is 0. The normalized spacial score (nSPS) is 15.2. The molecule has 0 unspecified atom stereocenters. The third-order valence-electron chi connectivity index (χ3n) is 6.68. The van der Waals surface area contributed by atoms with Gasteiger partial charge in [0, 0.05) is 14.0 Å². The molecule has 240 valence electrons. The molecular weight excluding hydrogens is 552 g/mol. The summed E-state index contributed by atoms with van der Waals surface area (Å²) in [7, 11) is 1.43. The molecule has 0 aliphatic heterocycles. The number of carbonyl (C=O) groups excluding carboxylic acids is 6. The molecule has 0 saturated carbocycles. The number of aliphatic carboxylic acids is 1. The molecule has 0 aromatic rings. The molecule has 6 atom stereocenters. The van der Waals surface area contributed by atoms with Crippen LogP contribution in [0.4, 0.5) is 0 Å². The van der Waals surface area contributed by atoms with Gasteiger partial charge in [-0.2, -0.15) is 0 Å². The summed E-state index contributed by atoms with van der Waals surface area (Å²) in [5.74, 6) is -6.03. The highest BCUT2D eigenvalue weighted by Crippen LogP contribution is 2.11. The van der Waals surface area contributed by atoms with Crippen LogP contribution in [0.25, 0.3) is 0 Å². The van der Waals surface area contributed by atoms with E-state index in [9.17, 15) is 43.8 Å². The summed E-state index contributed by atoms with van der Waals surface area (Å²) in [6, 6.07) is -4.95. The number of hydrogen-bond donors (Lipinski definition) is 7. The number of likely N-dealkylation sites (N-methyl/N-ethyl adjacent to an activating group) is 1. The van der Waals surface area contributed by atoms with Crippen molar-refractivity contribution in [1.29, 1.82) is 0 Å². The van der Waals surface area contributed by atoms with Crippen LogP contribution in [0.15, 0.2) is 0 Å². The Labute approximate surface area is 246 Å². The second-order valence-electron chi connectivity index (χ2n) is 10.7. The molecule has 15 nitrogen and oxygen atoms in total.